The number of ether oxygens (including phenoxy) is 1. The Labute approximate surface area is 123 Å². The summed E-state index contributed by atoms with van der Waals surface area (Å²) < 4.78 is 6.45. The molecule has 0 atom stereocenters. The number of carbonyl (C=O) groups excluding carboxylic acids is 1. The van der Waals surface area contributed by atoms with Gasteiger partial charge in [0.1, 0.15) is 5.82 Å². The van der Waals surface area contributed by atoms with Gasteiger partial charge in [-0.15, -0.1) is 5.10 Å². The number of nitrogens with zero attached hydrogens (tertiary/aromatic N) is 4. The van der Waals surface area contributed by atoms with Crippen LogP contribution < -0.4 is 10.6 Å². The Morgan fingerprint density at radius 3 is 2.95 bits per heavy atom. The smallest absolute Gasteiger partial charge is 0.414 e. The Balaban J connectivity index is 2.12. The second kappa shape index (κ2) is 6.89. The standard InChI is InChI=1S/C13H20N6O2/c1-4-21-13(20)16-12-15-11-7-5-6-10(19(11)17-12)14-8-9-18(2)3/h5-7,14H,4,8-9H2,1-3H3,(H,16,17,20). The number of hydrogen-bond acceptors (Lipinski definition) is 6. The van der Waals surface area contributed by atoms with Crippen molar-refractivity contribution in [2.75, 3.05) is 44.4 Å². The van der Waals surface area contributed by atoms with Crippen molar-refractivity contribution in [2.45, 2.75) is 6.92 Å². The highest BCUT2D eigenvalue weighted by Gasteiger charge is 2.10. The van der Waals surface area contributed by atoms with Gasteiger partial charge in [0, 0.05) is 13.1 Å². The van der Waals surface area contributed by atoms with Gasteiger partial charge >= 0.3 is 6.09 Å². The topological polar surface area (TPSA) is 83.8 Å². The highest BCUT2D eigenvalue weighted by atomic mass is 16.5. The van der Waals surface area contributed by atoms with Crippen molar-refractivity contribution in [1.29, 1.82) is 0 Å². The largest absolute Gasteiger partial charge is 0.450 e. The van der Waals surface area contributed by atoms with Gasteiger partial charge in [-0.05, 0) is 33.2 Å². The molecular formula is C13H20N6O2. The van der Waals surface area contributed by atoms with Gasteiger partial charge in [0.25, 0.3) is 5.95 Å². The van der Waals surface area contributed by atoms with Gasteiger partial charge in [-0.25, -0.2) is 4.79 Å². The van der Waals surface area contributed by atoms with E-state index in [4.69, 9.17) is 4.74 Å². The quantitative estimate of drug-likeness (QED) is 0.834. The zero-order valence-corrected chi connectivity index (χ0v) is 12.5. The summed E-state index contributed by atoms with van der Waals surface area (Å²) >= 11 is 0. The van der Waals surface area contributed by atoms with Crippen molar-refractivity contribution in [3.63, 3.8) is 0 Å². The Morgan fingerprint density at radius 1 is 1.43 bits per heavy atom. The molecule has 0 aliphatic heterocycles. The maximum absolute atomic E-state index is 11.4. The second-order valence-corrected chi connectivity index (χ2v) is 4.69. The van der Waals surface area contributed by atoms with Crippen LogP contribution in [0.25, 0.3) is 5.65 Å². The molecule has 21 heavy (non-hydrogen) atoms. The molecule has 2 N–H and O–H groups in total. The molecular weight excluding hydrogens is 272 g/mol. The summed E-state index contributed by atoms with van der Waals surface area (Å²) in [6.07, 6.45) is -0.560. The number of amides is 1. The first-order chi connectivity index (χ1) is 10.1. The minimum absolute atomic E-state index is 0.218. The van der Waals surface area contributed by atoms with Crippen molar-refractivity contribution in [3.8, 4) is 0 Å². The van der Waals surface area contributed by atoms with Crippen molar-refractivity contribution < 1.29 is 9.53 Å². The first kappa shape index (κ1) is 15.0. The minimum atomic E-state index is -0.560. The molecule has 2 aromatic heterocycles. The van der Waals surface area contributed by atoms with Crippen molar-refractivity contribution in [2.24, 2.45) is 0 Å². The van der Waals surface area contributed by atoms with Gasteiger partial charge in [0.15, 0.2) is 5.65 Å². The minimum Gasteiger partial charge on any atom is -0.450 e. The summed E-state index contributed by atoms with van der Waals surface area (Å²) in [6, 6.07) is 5.61. The molecule has 8 nitrogen and oxygen atoms in total. The number of fused-ring (bicyclic) bond motifs is 1. The fourth-order valence-electron chi connectivity index (χ4n) is 1.76. The van der Waals surface area contributed by atoms with E-state index in [1.54, 1.807) is 11.4 Å². The van der Waals surface area contributed by atoms with Crippen LogP contribution in [0.15, 0.2) is 18.2 Å². The Bertz CT molecular complexity index is 610. The molecule has 0 aliphatic rings. The molecule has 0 aliphatic carbocycles. The summed E-state index contributed by atoms with van der Waals surface area (Å²) in [4.78, 5) is 17.7. The van der Waals surface area contributed by atoms with Crippen LogP contribution in [-0.2, 0) is 4.74 Å². The number of aromatic nitrogens is 3. The van der Waals surface area contributed by atoms with Crippen LogP contribution in [-0.4, -0.2) is 59.4 Å². The van der Waals surface area contributed by atoms with Crippen molar-refractivity contribution in [1.82, 2.24) is 19.5 Å². The van der Waals surface area contributed by atoms with Crippen LogP contribution >= 0.6 is 0 Å². The molecule has 114 valence electrons. The first-order valence-electron chi connectivity index (χ1n) is 6.78. The van der Waals surface area contributed by atoms with E-state index >= 15 is 0 Å². The number of likely N-dealkylation sites (N-methyl/N-ethyl adjacent to an activating group) is 1. The predicted molar refractivity (Wildman–Crippen MR) is 80.7 cm³/mol. The third-order valence-electron chi connectivity index (χ3n) is 2.71. The lowest BCUT2D eigenvalue weighted by molar-refractivity contribution is 0.167. The number of nitrogens with one attached hydrogen (secondary N) is 2. The predicted octanol–water partition coefficient (Wildman–Crippen LogP) is 1.27. The van der Waals surface area contributed by atoms with E-state index in [9.17, 15) is 4.79 Å². The summed E-state index contributed by atoms with van der Waals surface area (Å²) in [5, 5.41) is 10.0. The fourth-order valence-corrected chi connectivity index (χ4v) is 1.76. The van der Waals surface area contributed by atoms with Crippen LogP contribution in [0.2, 0.25) is 0 Å². The van der Waals surface area contributed by atoms with Crippen LogP contribution in [0.4, 0.5) is 16.6 Å². The van der Waals surface area contributed by atoms with E-state index in [0.717, 1.165) is 18.9 Å². The van der Waals surface area contributed by atoms with E-state index in [1.165, 1.54) is 0 Å². The highest BCUT2D eigenvalue weighted by molar-refractivity contribution is 5.82. The normalized spacial score (nSPS) is 10.9. The second-order valence-electron chi connectivity index (χ2n) is 4.69. The monoisotopic (exact) mass is 292 g/mol. The van der Waals surface area contributed by atoms with Crippen LogP contribution in [0, 0.1) is 0 Å². The molecule has 0 bridgehead atoms. The van der Waals surface area contributed by atoms with E-state index in [2.05, 4.69) is 25.6 Å². The average molecular weight is 292 g/mol. The number of rotatable bonds is 6. The molecule has 0 unspecified atom stereocenters. The Morgan fingerprint density at radius 2 is 2.24 bits per heavy atom. The SMILES string of the molecule is CCOC(=O)Nc1nc2cccc(NCCN(C)C)n2n1. The summed E-state index contributed by atoms with van der Waals surface area (Å²) in [5.41, 5.74) is 0.650. The molecule has 2 rings (SSSR count). The maximum atomic E-state index is 11.4. The first-order valence-corrected chi connectivity index (χ1v) is 6.78. The van der Waals surface area contributed by atoms with Gasteiger partial charge in [-0.3, -0.25) is 5.32 Å². The third-order valence-corrected chi connectivity index (χ3v) is 2.71. The third kappa shape index (κ3) is 4.06. The van der Waals surface area contributed by atoms with Gasteiger partial charge in [0.2, 0.25) is 0 Å². The van der Waals surface area contributed by atoms with Gasteiger partial charge < -0.3 is 15.0 Å². The Kier molecular flexibility index (Phi) is 4.94. The molecule has 0 saturated heterocycles. The van der Waals surface area contributed by atoms with Gasteiger partial charge in [-0.2, -0.15) is 9.50 Å². The zero-order valence-electron chi connectivity index (χ0n) is 12.5. The van der Waals surface area contributed by atoms with Crippen LogP contribution in [0.5, 0.6) is 0 Å². The maximum Gasteiger partial charge on any atom is 0.414 e. The van der Waals surface area contributed by atoms with Gasteiger partial charge in [0.05, 0.1) is 6.61 Å². The van der Waals surface area contributed by atoms with Crippen molar-refractivity contribution >= 4 is 23.5 Å². The average Bonchev–Trinajstić information content (AvgIpc) is 2.81. The molecule has 2 heterocycles. The van der Waals surface area contributed by atoms with Crippen molar-refractivity contribution in [3.05, 3.63) is 18.2 Å². The lowest BCUT2D eigenvalue weighted by Crippen LogP contribution is -2.21. The highest BCUT2D eigenvalue weighted by Crippen LogP contribution is 2.12. The summed E-state index contributed by atoms with van der Waals surface area (Å²) in [6.45, 7) is 3.73. The lowest BCUT2D eigenvalue weighted by atomic mass is 10.4. The van der Waals surface area contributed by atoms with E-state index in [1.807, 2.05) is 32.3 Å². The molecule has 0 fully saturated rings. The number of hydrogen-bond donors (Lipinski definition) is 2. The van der Waals surface area contributed by atoms with E-state index < -0.39 is 6.09 Å². The summed E-state index contributed by atoms with van der Waals surface area (Å²) in [7, 11) is 4.03. The molecule has 0 spiro atoms. The number of anilines is 2. The lowest BCUT2D eigenvalue weighted by Gasteiger charge is -2.11. The molecule has 2 aromatic rings. The fraction of sp³-hybridized carbons (Fsp3) is 0.462. The molecule has 8 heteroatoms. The van der Waals surface area contributed by atoms with Crippen LogP contribution in [0.1, 0.15) is 6.92 Å². The molecule has 0 aromatic carbocycles. The molecule has 1 amide bonds. The zero-order chi connectivity index (χ0) is 15.2. The number of pyridine rings is 1. The number of carbonyl (C=O) groups is 1. The van der Waals surface area contributed by atoms with Crippen LogP contribution in [0.3, 0.4) is 0 Å². The summed E-state index contributed by atoms with van der Waals surface area (Å²) in [5.74, 6) is 1.04. The van der Waals surface area contributed by atoms with Gasteiger partial charge in [-0.1, -0.05) is 6.07 Å². The Hall–Kier alpha value is -2.35. The molecule has 0 saturated carbocycles. The van der Waals surface area contributed by atoms with E-state index in [0.29, 0.717) is 12.3 Å². The van der Waals surface area contributed by atoms with E-state index in [-0.39, 0.29) is 5.95 Å². The molecule has 0 radical (unpaired) electrons.